The third-order valence-corrected chi connectivity index (χ3v) is 6.60. The first-order valence-electron chi connectivity index (χ1n) is 13.1. The maximum absolute atomic E-state index is 14.8. The fourth-order valence-electron chi connectivity index (χ4n) is 4.80. The first-order valence-corrected chi connectivity index (χ1v) is 13.1. The van der Waals surface area contributed by atoms with Crippen molar-refractivity contribution in [3.8, 4) is 11.5 Å². The smallest absolute Gasteiger partial charge is 0.251 e. The standard InChI is InChI=1S/C28H35F2N3O6/c1-4-38-23-6-5-21(29)26(25(23)30)39-20-14-24(34)33(16-20)22(13-18-8-11-37-12-9-18)27(35)31-19-7-10-32(15-19)17-28(2,3)36/h5-7,10,14-15,18,22,36H,4,8-9,11-13,16-17H2,1-3H3,(H,31,35). The molecule has 2 aliphatic rings. The molecule has 2 N–H and O–H groups in total. The fraction of sp³-hybridized carbons (Fsp3) is 0.500. The summed E-state index contributed by atoms with van der Waals surface area (Å²) in [4.78, 5) is 27.9. The van der Waals surface area contributed by atoms with Gasteiger partial charge >= 0.3 is 0 Å². The lowest BCUT2D eigenvalue weighted by Crippen LogP contribution is -2.47. The summed E-state index contributed by atoms with van der Waals surface area (Å²) in [7, 11) is 0. The zero-order valence-corrected chi connectivity index (χ0v) is 22.4. The Morgan fingerprint density at radius 3 is 2.69 bits per heavy atom. The number of ether oxygens (including phenoxy) is 3. The maximum atomic E-state index is 14.8. The topological polar surface area (TPSA) is 102 Å². The van der Waals surface area contributed by atoms with Crippen LogP contribution in [0.4, 0.5) is 14.5 Å². The van der Waals surface area contributed by atoms with E-state index in [-0.39, 0.29) is 36.5 Å². The van der Waals surface area contributed by atoms with Crippen molar-refractivity contribution < 1.29 is 37.7 Å². The number of hydrogen-bond acceptors (Lipinski definition) is 6. The number of nitrogens with one attached hydrogen (secondary N) is 1. The number of carbonyl (C=O) groups excluding carboxylic acids is 2. The van der Waals surface area contributed by atoms with Crippen molar-refractivity contribution >= 4 is 17.5 Å². The molecule has 9 nitrogen and oxygen atoms in total. The number of anilines is 1. The highest BCUT2D eigenvalue weighted by Crippen LogP contribution is 2.33. The predicted octanol–water partition coefficient (Wildman–Crippen LogP) is 3.86. The minimum absolute atomic E-state index is 0.0209. The second-order valence-corrected chi connectivity index (χ2v) is 10.5. The van der Waals surface area contributed by atoms with Crippen molar-refractivity contribution in [2.75, 3.05) is 31.7 Å². The molecule has 0 bridgehead atoms. The Balaban J connectivity index is 1.51. The zero-order valence-electron chi connectivity index (χ0n) is 22.4. The van der Waals surface area contributed by atoms with E-state index in [0.717, 1.165) is 25.0 Å². The van der Waals surface area contributed by atoms with Crippen LogP contribution < -0.4 is 14.8 Å². The van der Waals surface area contributed by atoms with Crippen LogP contribution in [0, 0.1) is 17.6 Å². The van der Waals surface area contributed by atoms with Gasteiger partial charge in [0.25, 0.3) is 5.91 Å². The van der Waals surface area contributed by atoms with Crippen molar-refractivity contribution in [3.05, 3.63) is 54.1 Å². The van der Waals surface area contributed by atoms with Crippen molar-refractivity contribution in [2.24, 2.45) is 5.92 Å². The van der Waals surface area contributed by atoms with Gasteiger partial charge in [-0.1, -0.05) is 0 Å². The molecule has 2 aromatic rings. The van der Waals surface area contributed by atoms with Crippen LogP contribution in [-0.4, -0.2) is 64.4 Å². The first-order chi connectivity index (χ1) is 18.5. The van der Waals surface area contributed by atoms with Crippen LogP contribution in [0.1, 0.15) is 40.0 Å². The monoisotopic (exact) mass is 547 g/mol. The molecular formula is C28H35F2N3O6. The summed E-state index contributed by atoms with van der Waals surface area (Å²) in [6, 6.07) is 3.07. The third kappa shape index (κ3) is 7.36. The molecule has 1 aromatic carbocycles. The molecule has 1 atom stereocenters. The van der Waals surface area contributed by atoms with Crippen LogP contribution in [0.2, 0.25) is 0 Å². The lowest BCUT2D eigenvalue weighted by atomic mass is 9.91. The van der Waals surface area contributed by atoms with Gasteiger partial charge in [-0.3, -0.25) is 9.59 Å². The maximum Gasteiger partial charge on any atom is 0.251 e. The summed E-state index contributed by atoms with van der Waals surface area (Å²) in [6.45, 7) is 6.59. The lowest BCUT2D eigenvalue weighted by Gasteiger charge is -2.31. The van der Waals surface area contributed by atoms with Gasteiger partial charge in [-0.25, -0.2) is 4.39 Å². The van der Waals surface area contributed by atoms with E-state index in [1.54, 1.807) is 43.8 Å². The van der Waals surface area contributed by atoms with Crippen LogP contribution in [0.25, 0.3) is 0 Å². The minimum atomic E-state index is -1.00. The average Bonchev–Trinajstić information content (AvgIpc) is 3.46. The number of hydrogen-bond donors (Lipinski definition) is 2. The largest absolute Gasteiger partial charge is 0.491 e. The van der Waals surface area contributed by atoms with E-state index in [2.05, 4.69) is 5.32 Å². The van der Waals surface area contributed by atoms with Crippen molar-refractivity contribution in [1.82, 2.24) is 9.47 Å². The van der Waals surface area contributed by atoms with E-state index in [1.165, 1.54) is 11.0 Å². The molecule has 1 fully saturated rings. The highest BCUT2D eigenvalue weighted by Gasteiger charge is 2.37. The summed E-state index contributed by atoms with van der Waals surface area (Å²) in [5.74, 6) is -3.47. The molecule has 0 saturated carbocycles. The molecule has 39 heavy (non-hydrogen) atoms. The normalized spacial score (nSPS) is 17.2. The van der Waals surface area contributed by atoms with Gasteiger partial charge in [0, 0.05) is 31.7 Å². The molecule has 1 unspecified atom stereocenters. The number of rotatable bonds is 11. The molecule has 4 rings (SSSR count). The number of amides is 2. The molecule has 1 saturated heterocycles. The Kier molecular flexibility index (Phi) is 8.91. The van der Waals surface area contributed by atoms with E-state index >= 15 is 0 Å². The summed E-state index contributed by atoms with van der Waals surface area (Å²) in [5, 5.41) is 13.0. The van der Waals surface area contributed by atoms with Crippen LogP contribution >= 0.6 is 0 Å². The lowest BCUT2D eigenvalue weighted by molar-refractivity contribution is -0.134. The van der Waals surface area contributed by atoms with Gasteiger partial charge in [0.05, 0.1) is 31.0 Å². The quantitative estimate of drug-likeness (QED) is 0.443. The zero-order chi connectivity index (χ0) is 28.2. The SMILES string of the molecule is CCOc1ccc(F)c(OC2=CC(=O)N(C(CC3CCOCC3)C(=O)Nc3ccn(CC(C)(C)O)c3)C2)c1F. The van der Waals surface area contributed by atoms with E-state index in [9.17, 15) is 23.5 Å². The molecular weight excluding hydrogens is 512 g/mol. The van der Waals surface area contributed by atoms with Crippen molar-refractivity contribution in [3.63, 3.8) is 0 Å². The molecule has 2 amide bonds. The van der Waals surface area contributed by atoms with Gasteiger partial charge in [0.15, 0.2) is 11.6 Å². The van der Waals surface area contributed by atoms with E-state index in [1.807, 2.05) is 0 Å². The van der Waals surface area contributed by atoms with Gasteiger partial charge in [-0.05, 0) is 64.2 Å². The van der Waals surface area contributed by atoms with Gasteiger partial charge in [-0.2, -0.15) is 4.39 Å². The van der Waals surface area contributed by atoms with Gasteiger partial charge in [-0.15, -0.1) is 0 Å². The molecule has 0 radical (unpaired) electrons. The second-order valence-electron chi connectivity index (χ2n) is 10.5. The van der Waals surface area contributed by atoms with Crippen molar-refractivity contribution in [1.29, 1.82) is 0 Å². The molecule has 0 aliphatic carbocycles. The van der Waals surface area contributed by atoms with Gasteiger partial charge in [0.2, 0.25) is 17.5 Å². The molecule has 2 aliphatic heterocycles. The summed E-state index contributed by atoms with van der Waals surface area (Å²) >= 11 is 0. The molecule has 1 aromatic heterocycles. The Morgan fingerprint density at radius 1 is 1.26 bits per heavy atom. The first kappa shape index (κ1) is 28.6. The summed E-state index contributed by atoms with van der Waals surface area (Å²) in [5.41, 5.74) is -0.411. The number of nitrogens with zero attached hydrogens (tertiary/aromatic N) is 2. The number of benzene rings is 1. The number of halogens is 2. The van der Waals surface area contributed by atoms with Gasteiger partial charge < -0.3 is 34.1 Å². The molecule has 212 valence electrons. The molecule has 0 spiro atoms. The Labute approximate surface area is 226 Å². The Bertz CT molecular complexity index is 1220. The molecule has 3 heterocycles. The van der Waals surface area contributed by atoms with Crippen LogP contribution in [-0.2, 0) is 20.9 Å². The van der Waals surface area contributed by atoms with E-state index < -0.39 is 34.9 Å². The minimum Gasteiger partial charge on any atom is -0.491 e. The average molecular weight is 548 g/mol. The third-order valence-electron chi connectivity index (χ3n) is 6.60. The molecule has 11 heteroatoms. The number of aliphatic hydroxyl groups is 1. The highest BCUT2D eigenvalue weighted by atomic mass is 19.1. The predicted molar refractivity (Wildman–Crippen MR) is 139 cm³/mol. The van der Waals surface area contributed by atoms with Gasteiger partial charge in [0.1, 0.15) is 11.8 Å². The summed E-state index contributed by atoms with van der Waals surface area (Å²) in [6.07, 6.45) is 6.51. The highest BCUT2D eigenvalue weighted by molar-refractivity contribution is 6.00. The summed E-state index contributed by atoms with van der Waals surface area (Å²) < 4.78 is 47.1. The Hall–Kier alpha value is -3.44. The Morgan fingerprint density at radius 2 is 2.00 bits per heavy atom. The van der Waals surface area contributed by atoms with Crippen LogP contribution in [0.5, 0.6) is 11.5 Å². The van der Waals surface area contributed by atoms with Crippen molar-refractivity contribution in [2.45, 2.75) is 58.2 Å². The number of aromatic nitrogens is 1. The fourth-order valence-corrected chi connectivity index (χ4v) is 4.80. The number of carbonyl (C=O) groups is 2. The van der Waals surface area contributed by atoms with Crippen LogP contribution in [0.15, 0.2) is 42.4 Å². The second kappa shape index (κ2) is 12.2. The van der Waals surface area contributed by atoms with E-state index in [0.29, 0.717) is 31.9 Å². The van der Waals surface area contributed by atoms with Crippen LogP contribution in [0.3, 0.4) is 0 Å². The van der Waals surface area contributed by atoms with E-state index in [4.69, 9.17) is 14.2 Å².